The van der Waals surface area contributed by atoms with Crippen molar-refractivity contribution in [1.29, 1.82) is 5.26 Å². The van der Waals surface area contributed by atoms with Crippen LogP contribution in [-0.2, 0) is 7.05 Å². The molecule has 7 nitrogen and oxygen atoms in total. The van der Waals surface area contributed by atoms with Crippen LogP contribution in [0, 0.1) is 11.3 Å². The third-order valence-corrected chi connectivity index (χ3v) is 5.73. The second kappa shape index (κ2) is 8.44. The normalized spacial score (nSPS) is 17.8. The van der Waals surface area contributed by atoms with Crippen LogP contribution < -0.4 is 16.2 Å². The zero-order valence-corrected chi connectivity index (χ0v) is 17.1. The van der Waals surface area contributed by atoms with Crippen LogP contribution in [0.4, 0.5) is 0 Å². The summed E-state index contributed by atoms with van der Waals surface area (Å²) in [6, 6.07) is 17.4. The fourth-order valence-corrected chi connectivity index (χ4v) is 4.09. The maximum absolute atomic E-state index is 12.8. The molecule has 1 saturated carbocycles. The second-order valence-corrected chi connectivity index (χ2v) is 7.83. The number of para-hydroxylation sites is 1. The monoisotopic (exact) mass is 414 g/mol. The van der Waals surface area contributed by atoms with E-state index in [9.17, 15) is 14.4 Å². The predicted molar refractivity (Wildman–Crippen MR) is 117 cm³/mol. The molecule has 0 radical (unpaired) electrons. The summed E-state index contributed by atoms with van der Waals surface area (Å²) in [5, 5.41) is 15.7. The van der Waals surface area contributed by atoms with E-state index >= 15 is 0 Å². The lowest BCUT2D eigenvalue weighted by Crippen LogP contribution is -2.39. The maximum Gasteiger partial charge on any atom is 0.263 e. The number of pyridine rings is 1. The molecule has 0 aliphatic heterocycles. The Balaban J connectivity index is 1.41. The molecule has 3 aromatic rings. The molecule has 0 unspecified atom stereocenters. The van der Waals surface area contributed by atoms with Gasteiger partial charge >= 0.3 is 0 Å². The number of carbonyl (C=O) groups is 2. The summed E-state index contributed by atoms with van der Waals surface area (Å²) >= 11 is 0. The van der Waals surface area contributed by atoms with Crippen molar-refractivity contribution in [1.82, 2.24) is 15.2 Å². The fourth-order valence-electron chi connectivity index (χ4n) is 4.09. The second-order valence-electron chi connectivity index (χ2n) is 7.83. The molecule has 1 aliphatic rings. The Kier molecular flexibility index (Phi) is 5.54. The van der Waals surface area contributed by atoms with Crippen LogP contribution in [0.25, 0.3) is 10.9 Å². The minimum atomic E-state index is -0.398. The van der Waals surface area contributed by atoms with E-state index in [1.165, 1.54) is 4.57 Å². The van der Waals surface area contributed by atoms with Gasteiger partial charge < -0.3 is 15.2 Å². The van der Waals surface area contributed by atoms with E-state index in [0.29, 0.717) is 24.0 Å². The van der Waals surface area contributed by atoms with E-state index < -0.39 is 5.91 Å². The van der Waals surface area contributed by atoms with E-state index in [4.69, 9.17) is 5.26 Å². The van der Waals surface area contributed by atoms with E-state index in [-0.39, 0.29) is 29.1 Å². The van der Waals surface area contributed by atoms with Crippen LogP contribution in [0.15, 0.2) is 59.4 Å². The Hall–Kier alpha value is -3.92. The number of nitrogens with one attached hydrogen (secondary N) is 2. The predicted octanol–water partition coefficient (Wildman–Crippen LogP) is 2.49. The van der Waals surface area contributed by atoms with Gasteiger partial charge in [-0.1, -0.05) is 24.3 Å². The number of fused-ring (bicyclic) bond motifs is 1. The third-order valence-electron chi connectivity index (χ3n) is 5.73. The number of nitrogens with zero attached hydrogens (tertiary/aromatic N) is 2. The van der Waals surface area contributed by atoms with Crippen LogP contribution in [-0.4, -0.2) is 28.5 Å². The number of carbonyl (C=O) groups excluding carboxylic acids is 2. The summed E-state index contributed by atoms with van der Waals surface area (Å²) in [7, 11) is 1.66. The van der Waals surface area contributed by atoms with Crippen molar-refractivity contribution in [3.8, 4) is 6.07 Å². The average molecular weight is 414 g/mol. The van der Waals surface area contributed by atoms with Crippen LogP contribution in [0.5, 0.6) is 0 Å². The first-order chi connectivity index (χ1) is 15.0. The van der Waals surface area contributed by atoms with Gasteiger partial charge in [0.1, 0.15) is 5.56 Å². The highest BCUT2D eigenvalue weighted by Crippen LogP contribution is 2.20. The van der Waals surface area contributed by atoms with E-state index in [1.807, 2.05) is 30.3 Å². The molecule has 0 bridgehead atoms. The van der Waals surface area contributed by atoms with Gasteiger partial charge in [-0.25, -0.2) is 0 Å². The molecule has 1 heterocycles. The Morgan fingerprint density at radius 2 is 1.71 bits per heavy atom. The summed E-state index contributed by atoms with van der Waals surface area (Å²) < 4.78 is 1.48. The lowest BCUT2D eigenvalue weighted by molar-refractivity contribution is 0.0935. The number of hydrogen-bond acceptors (Lipinski definition) is 4. The number of amides is 2. The third kappa shape index (κ3) is 4.19. The zero-order chi connectivity index (χ0) is 22.0. The van der Waals surface area contributed by atoms with Crippen LogP contribution in [0.1, 0.15) is 45.5 Å². The summed E-state index contributed by atoms with van der Waals surface area (Å²) in [6.45, 7) is 0. The first-order valence-electron chi connectivity index (χ1n) is 10.2. The highest BCUT2D eigenvalue weighted by Gasteiger charge is 2.28. The standard InChI is InChI=1S/C24H22N4O3/c1-28-21-8-3-2-6-16(21)12-20(24(28)31)23(30)27-19-10-9-18(13-19)26-22(29)17-7-4-5-15(11-17)14-25/h2-8,11-12,18-19H,9-10,13H2,1H3,(H,26,29)(H,27,30)/t18-,19+/m0/s1. The number of benzene rings is 2. The Bertz CT molecular complexity index is 1270. The SMILES string of the molecule is Cn1c(=O)c(C(=O)N[C@@H]2CC[C@H](NC(=O)c3cccc(C#N)c3)C2)cc2ccccc21. The molecule has 2 aromatic carbocycles. The zero-order valence-electron chi connectivity index (χ0n) is 17.1. The molecule has 2 atom stereocenters. The van der Waals surface area contributed by atoms with Crippen LogP contribution in [0.2, 0.25) is 0 Å². The topological polar surface area (TPSA) is 104 Å². The van der Waals surface area contributed by atoms with Gasteiger partial charge in [-0.15, -0.1) is 0 Å². The molecule has 7 heteroatoms. The van der Waals surface area contributed by atoms with Gasteiger partial charge in [-0.3, -0.25) is 14.4 Å². The number of hydrogen-bond donors (Lipinski definition) is 2. The Morgan fingerprint density at radius 3 is 2.45 bits per heavy atom. The fraction of sp³-hybridized carbons (Fsp3) is 0.250. The minimum absolute atomic E-state index is 0.0806. The van der Waals surface area contributed by atoms with Crippen molar-refractivity contribution in [2.45, 2.75) is 31.3 Å². The van der Waals surface area contributed by atoms with Gasteiger partial charge in [0.25, 0.3) is 17.4 Å². The van der Waals surface area contributed by atoms with Gasteiger partial charge in [-0.2, -0.15) is 5.26 Å². The molecule has 156 valence electrons. The Labute approximate surface area is 179 Å². The summed E-state index contributed by atoms with van der Waals surface area (Å²) in [4.78, 5) is 37.9. The Morgan fingerprint density at radius 1 is 1.00 bits per heavy atom. The first-order valence-corrected chi connectivity index (χ1v) is 10.2. The highest BCUT2D eigenvalue weighted by molar-refractivity contribution is 5.97. The smallest absolute Gasteiger partial charge is 0.263 e. The summed E-state index contributed by atoms with van der Waals surface area (Å²) in [5.74, 6) is -0.637. The molecular weight excluding hydrogens is 392 g/mol. The lowest BCUT2D eigenvalue weighted by atomic mass is 10.1. The maximum atomic E-state index is 12.8. The molecule has 31 heavy (non-hydrogen) atoms. The number of aryl methyl sites for hydroxylation is 1. The van der Waals surface area contributed by atoms with Crippen molar-refractivity contribution in [2.24, 2.45) is 7.05 Å². The molecule has 1 aromatic heterocycles. The number of rotatable bonds is 4. The highest BCUT2D eigenvalue weighted by atomic mass is 16.2. The van der Waals surface area contributed by atoms with Gasteiger partial charge in [0, 0.05) is 24.7 Å². The summed E-state index contributed by atoms with van der Waals surface area (Å²) in [5.41, 5.74) is 1.42. The van der Waals surface area contributed by atoms with Gasteiger partial charge in [0.15, 0.2) is 0 Å². The molecule has 0 saturated heterocycles. The van der Waals surface area contributed by atoms with Gasteiger partial charge in [0.2, 0.25) is 0 Å². The molecule has 2 amide bonds. The quantitative estimate of drug-likeness (QED) is 0.684. The van der Waals surface area contributed by atoms with Crippen molar-refractivity contribution in [3.63, 3.8) is 0 Å². The van der Waals surface area contributed by atoms with Crippen LogP contribution in [0.3, 0.4) is 0 Å². The molecular formula is C24H22N4O3. The van der Waals surface area contributed by atoms with Crippen molar-refractivity contribution >= 4 is 22.7 Å². The molecule has 4 rings (SSSR count). The van der Waals surface area contributed by atoms with E-state index in [0.717, 1.165) is 17.3 Å². The largest absolute Gasteiger partial charge is 0.349 e. The lowest BCUT2D eigenvalue weighted by Gasteiger charge is -2.15. The molecule has 0 spiro atoms. The van der Waals surface area contributed by atoms with Crippen molar-refractivity contribution in [2.75, 3.05) is 0 Å². The average Bonchev–Trinajstić information content (AvgIpc) is 3.22. The first kappa shape index (κ1) is 20.4. The van der Waals surface area contributed by atoms with Crippen molar-refractivity contribution in [3.05, 3.63) is 81.6 Å². The number of nitriles is 1. The van der Waals surface area contributed by atoms with Crippen LogP contribution >= 0.6 is 0 Å². The van der Waals surface area contributed by atoms with E-state index in [2.05, 4.69) is 10.6 Å². The number of aromatic nitrogens is 1. The molecule has 1 aliphatic carbocycles. The van der Waals surface area contributed by atoms with E-state index in [1.54, 1.807) is 37.4 Å². The van der Waals surface area contributed by atoms with Gasteiger partial charge in [-0.05, 0) is 55.0 Å². The van der Waals surface area contributed by atoms with Crippen molar-refractivity contribution < 1.29 is 9.59 Å². The molecule has 1 fully saturated rings. The minimum Gasteiger partial charge on any atom is -0.349 e. The summed E-state index contributed by atoms with van der Waals surface area (Å²) in [6.07, 6.45) is 2.02. The molecule has 2 N–H and O–H groups in total. The van der Waals surface area contributed by atoms with Gasteiger partial charge in [0.05, 0.1) is 17.1 Å².